The normalized spacial score (nSPS) is 28.9. The predicted molar refractivity (Wildman–Crippen MR) is 84.2 cm³/mol. The lowest BCUT2D eigenvalue weighted by molar-refractivity contribution is -0.138. The van der Waals surface area contributed by atoms with Gasteiger partial charge in [-0.2, -0.15) is 0 Å². The maximum Gasteiger partial charge on any atom is 0.227 e. The Kier molecular flexibility index (Phi) is 4.93. The monoisotopic (exact) mass is 308 g/mol. The van der Waals surface area contributed by atoms with Crippen molar-refractivity contribution < 1.29 is 9.53 Å². The molecule has 3 atom stereocenters. The Morgan fingerprint density at radius 2 is 2.43 bits per heavy atom. The lowest BCUT2D eigenvalue weighted by atomic mass is 9.96. The van der Waals surface area contributed by atoms with E-state index in [1.807, 2.05) is 4.90 Å². The van der Waals surface area contributed by atoms with Crippen molar-refractivity contribution in [1.29, 1.82) is 0 Å². The third-order valence-electron chi connectivity index (χ3n) is 4.52. The Balaban J connectivity index is 1.69. The summed E-state index contributed by atoms with van der Waals surface area (Å²) in [6, 6.07) is 4.16. The van der Waals surface area contributed by atoms with Crippen molar-refractivity contribution in [2.24, 2.45) is 11.8 Å². The number of hydrogen-bond donors (Lipinski definition) is 1. The maximum atomic E-state index is 12.9. The van der Waals surface area contributed by atoms with Gasteiger partial charge in [-0.3, -0.25) is 4.79 Å². The molecule has 5 heteroatoms. The van der Waals surface area contributed by atoms with Gasteiger partial charge < -0.3 is 15.0 Å². The lowest BCUT2D eigenvalue weighted by Gasteiger charge is -2.28. The van der Waals surface area contributed by atoms with Crippen LogP contribution in [-0.4, -0.2) is 43.2 Å². The van der Waals surface area contributed by atoms with Gasteiger partial charge >= 0.3 is 0 Å². The topological polar surface area (TPSA) is 41.6 Å². The molecule has 2 saturated heterocycles. The third kappa shape index (κ3) is 3.65. The fourth-order valence-electron chi connectivity index (χ4n) is 3.23. The Hall–Kier alpha value is -0.910. The van der Waals surface area contributed by atoms with Gasteiger partial charge in [0.25, 0.3) is 0 Å². The molecule has 4 nitrogen and oxygen atoms in total. The highest BCUT2D eigenvalue weighted by molar-refractivity contribution is 7.09. The molecule has 2 aliphatic heterocycles. The van der Waals surface area contributed by atoms with E-state index in [-0.39, 0.29) is 17.9 Å². The molecule has 3 heterocycles. The zero-order valence-corrected chi connectivity index (χ0v) is 13.4. The molecule has 0 spiro atoms. The summed E-state index contributed by atoms with van der Waals surface area (Å²) in [6.45, 7) is 6.22. The minimum absolute atomic E-state index is 0.117. The molecular weight excluding hydrogens is 284 g/mol. The zero-order chi connectivity index (χ0) is 14.7. The van der Waals surface area contributed by atoms with Gasteiger partial charge in [0.15, 0.2) is 0 Å². The number of carbonyl (C=O) groups is 1. The van der Waals surface area contributed by atoms with E-state index in [0.29, 0.717) is 5.92 Å². The summed E-state index contributed by atoms with van der Waals surface area (Å²) in [5.74, 6) is 0.829. The molecule has 3 rings (SSSR count). The van der Waals surface area contributed by atoms with Crippen molar-refractivity contribution in [1.82, 2.24) is 10.2 Å². The highest BCUT2D eigenvalue weighted by atomic mass is 32.1. The van der Waals surface area contributed by atoms with Crippen LogP contribution in [0.1, 0.15) is 24.6 Å². The first kappa shape index (κ1) is 15.0. The number of nitrogens with zero attached hydrogens (tertiary/aromatic N) is 1. The van der Waals surface area contributed by atoms with Gasteiger partial charge in [-0.25, -0.2) is 0 Å². The minimum atomic E-state index is 0.117. The number of hydrogen-bond acceptors (Lipinski definition) is 4. The van der Waals surface area contributed by atoms with Crippen LogP contribution in [0.4, 0.5) is 0 Å². The molecule has 0 bridgehead atoms. The fourth-order valence-corrected chi connectivity index (χ4v) is 3.95. The van der Waals surface area contributed by atoms with Crippen LogP contribution < -0.4 is 5.32 Å². The molecule has 0 aliphatic carbocycles. The minimum Gasteiger partial charge on any atom is -0.376 e. The summed E-state index contributed by atoms with van der Waals surface area (Å²) in [4.78, 5) is 16.2. The third-order valence-corrected chi connectivity index (χ3v) is 5.38. The van der Waals surface area contributed by atoms with E-state index >= 15 is 0 Å². The van der Waals surface area contributed by atoms with Crippen molar-refractivity contribution in [3.05, 3.63) is 22.4 Å². The van der Waals surface area contributed by atoms with Crippen molar-refractivity contribution in [3.8, 4) is 0 Å². The largest absolute Gasteiger partial charge is 0.376 e. The number of ether oxygens (including phenoxy) is 1. The molecular formula is C16H24N2O2S. The molecule has 0 aromatic carbocycles. The predicted octanol–water partition coefficient (Wildman–Crippen LogP) is 2.11. The average Bonchev–Trinajstić information content (AvgIpc) is 3.19. The number of amides is 1. The molecule has 2 fully saturated rings. The first-order chi connectivity index (χ1) is 10.2. The second-order valence-corrected chi connectivity index (χ2v) is 7.21. The number of nitrogens with one attached hydrogen (secondary N) is 1. The van der Waals surface area contributed by atoms with Crippen molar-refractivity contribution in [2.45, 2.75) is 32.4 Å². The van der Waals surface area contributed by atoms with E-state index in [2.05, 4.69) is 29.8 Å². The SMILES string of the molecule is CC1CNCC1C(=O)N(Cc1cccs1)CC1CCCO1. The smallest absolute Gasteiger partial charge is 0.227 e. The second kappa shape index (κ2) is 6.90. The Labute approximate surface area is 130 Å². The van der Waals surface area contributed by atoms with E-state index in [1.165, 1.54) is 4.88 Å². The number of rotatable bonds is 5. The summed E-state index contributed by atoms with van der Waals surface area (Å²) >= 11 is 1.72. The molecule has 1 N–H and O–H groups in total. The van der Waals surface area contributed by atoms with Crippen LogP contribution in [0.3, 0.4) is 0 Å². The van der Waals surface area contributed by atoms with Gasteiger partial charge in [0.2, 0.25) is 5.91 Å². The van der Waals surface area contributed by atoms with Crippen molar-refractivity contribution in [2.75, 3.05) is 26.2 Å². The molecule has 116 valence electrons. The maximum absolute atomic E-state index is 12.9. The van der Waals surface area contributed by atoms with Crippen LogP contribution >= 0.6 is 11.3 Å². The van der Waals surface area contributed by atoms with Gasteiger partial charge in [0.05, 0.1) is 18.6 Å². The van der Waals surface area contributed by atoms with Crippen LogP contribution in [0.2, 0.25) is 0 Å². The second-order valence-electron chi connectivity index (χ2n) is 6.18. The van der Waals surface area contributed by atoms with E-state index in [9.17, 15) is 4.79 Å². The lowest BCUT2D eigenvalue weighted by Crippen LogP contribution is -2.42. The van der Waals surface area contributed by atoms with Gasteiger partial charge in [-0.15, -0.1) is 11.3 Å². The van der Waals surface area contributed by atoms with Gasteiger partial charge in [-0.05, 0) is 36.8 Å². The van der Waals surface area contributed by atoms with Gasteiger partial charge in [-0.1, -0.05) is 13.0 Å². The quantitative estimate of drug-likeness (QED) is 0.906. The van der Waals surface area contributed by atoms with Gasteiger partial charge in [0, 0.05) is 24.6 Å². The Morgan fingerprint density at radius 1 is 1.52 bits per heavy atom. The van der Waals surface area contributed by atoms with E-state index in [0.717, 1.165) is 45.6 Å². The van der Waals surface area contributed by atoms with Crippen LogP contribution in [0.15, 0.2) is 17.5 Å². The molecule has 21 heavy (non-hydrogen) atoms. The van der Waals surface area contributed by atoms with Crippen molar-refractivity contribution >= 4 is 17.2 Å². The molecule has 1 amide bonds. The molecule has 0 saturated carbocycles. The van der Waals surface area contributed by atoms with Crippen LogP contribution in [0.25, 0.3) is 0 Å². The first-order valence-electron chi connectivity index (χ1n) is 7.87. The average molecular weight is 308 g/mol. The van der Waals surface area contributed by atoms with Crippen LogP contribution in [0, 0.1) is 11.8 Å². The molecule has 3 unspecified atom stereocenters. The van der Waals surface area contributed by atoms with Crippen LogP contribution in [-0.2, 0) is 16.1 Å². The number of carbonyl (C=O) groups excluding carboxylic acids is 1. The summed E-state index contributed by atoms with van der Waals surface area (Å²) in [5.41, 5.74) is 0. The molecule has 0 radical (unpaired) electrons. The van der Waals surface area contributed by atoms with Gasteiger partial charge in [0.1, 0.15) is 0 Å². The van der Waals surface area contributed by atoms with E-state index < -0.39 is 0 Å². The van der Waals surface area contributed by atoms with E-state index in [1.54, 1.807) is 11.3 Å². The molecule has 2 aliphatic rings. The summed E-state index contributed by atoms with van der Waals surface area (Å²) in [5, 5.41) is 5.41. The van der Waals surface area contributed by atoms with E-state index in [4.69, 9.17) is 4.74 Å². The molecule has 1 aromatic heterocycles. The van der Waals surface area contributed by atoms with Crippen molar-refractivity contribution in [3.63, 3.8) is 0 Å². The zero-order valence-electron chi connectivity index (χ0n) is 12.6. The highest BCUT2D eigenvalue weighted by Gasteiger charge is 2.34. The number of thiophene rings is 1. The fraction of sp³-hybridized carbons (Fsp3) is 0.688. The molecule has 1 aromatic rings. The first-order valence-corrected chi connectivity index (χ1v) is 8.75. The highest BCUT2D eigenvalue weighted by Crippen LogP contribution is 2.23. The summed E-state index contributed by atoms with van der Waals surface area (Å²) in [7, 11) is 0. The summed E-state index contributed by atoms with van der Waals surface area (Å²) in [6.07, 6.45) is 2.42. The summed E-state index contributed by atoms with van der Waals surface area (Å²) < 4.78 is 5.74. The standard InChI is InChI=1S/C16H24N2O2S/c1-12-8-17-9-15(12)16(19)18(10-13-4-2-6-20-13)11-14-5-3-7-21-14/h3,5,7,12-13,15,17H,2,4,6,8-11H2,1H3. The Morgan fingerprint density at radius 3 is 3.05 bits per heavy atom. The Bertz CT molecular complexity index is 457. The van der Waals surface area contributed by atoms with Crippen LogP contribution in [0.5, 0.6) is 0 Å².